The minimum atomic E-state index is -1.76. The normalized spacial score (nSPS) is 29.6. The summed E-state index contributed by atoms with van der Waals surface area (Å²) in [6.45, 7) is 3.49. The Morgan fingerprint density at radius 3 is 2.47 bits per heavy atom. The Morgan fingerprint density at radius 2 is 1.82 bits per heavy atom. The molecule has 34 heavy (non-hydrogen) atoms. The fourth-order valence-corrected chi connectivity index (χ4v) is 6.19. The highest BCUT2D eigenvalue weighted by molar-refractivity contribution is 9.10. The van der Waals surface area contributed by atoms with Gasteiger partial charge in [0.2, 0.25) is 0 Å². The first-order chi connectivity index (χ1) is 16.4. The quantitative estimate of drug-likeness (QED) is 0.506. The maximum Gasteiger partial charge on any atom is 0.177 e. The van der Waals surface area contributed by atoms with Crippen LogP contribution in [-0.4, -0.2) is 53.4 Å². The Labute approximate surface area is 208 Å². The standard InChI is InChI=1S/C27H29BrN2O4/c1-4-30(2)16-20-23(17-8-6-5-7-9-17)27(18-10-12-19(28)13-11-18)26(32,25(20)31)24-21(33-3)14-29-15-22(24)34-27/h5-15,20,23,25,31-32H,4,16H2,1-3H3/t20-,23?,25-,26+,27+/m1/s1. The van der Waals surface area contributed by atoms with E-state index in [0.29, 0.717) is 23.6 Å². The van der Waals surface area contributed by atoms with Crippen LogP contribution in [0.1, 0.15) is 29.5 Å². The molecule has 1 aliphatic heterocycles. The van der Waals surface area contributed by atoms with Crippen LogP contribution in [0.5, 0.6) is 11.5 Å². The van der Waals surface area contributed by atoms with Crippen LogP contribution in [0.25, 0.3) is 0 Å². The molecule has 1 fully saturated rings. The van der Waals surface area contributed by atoms with Gasteiger partial charge in [0.15, 0.2) is 11.2 Å². The number of hydrogen-bond acceptors (Lipinski definition) is 6. The van der Waals surface area contributed by atoms with E-state index in [4.69, 9.17) is 9.47 Å². The Morgan fingerprint density at radius 1 is 1.12 bits per heavy atom. The van der Waals surface area contributed by atoms with Crippen LogP contribution in [0.2, 0.25) is 0 Å². The Balaban J connectivity index is 1.84. The number of aliphatic hydroxyl groups is 2. The first kappa shape index (κ1) is 23.3. The predicted molar refractivity (Wildman–Crippen MR) is 133 cm³/mol. The second kappa shape index (κ2) is 8.64. The number of rotatable bonds is 6. The van der Waals surface area contributed by atoms with Crippen LogP contribution in [-0.2, 0) is 11.2 Å². The molecular weight excluding hydrogens is 496 g/mol. The number of aromatic nitrogens is 1. The molecule has 3 aromatic rings. The molecule has 1 unspecified atom stereocenters. The van der Waals surface area contributed by atoms with Crippen LogP contribution in [0.3, 0.4) is 0 Å². The molecule has 2 N–H and O–H groups in total. The van der Waals surface area contributed by atoms with Gasteiger partial charge >= 0.3 is 0 Å². The van der Waals surface area contributed by atoms with E-state index in [1.54, 1.807) is 19.5 Å². The van der Waals surface area contributed by atoms with Gasteiger partial charge in [-0.3, -0.25) is 4.98 Å². The molecule has 2 aromatic carbocycles. The second-order valence-corrected chi connectivity index (χ2v) is 10.1. The number of hydrogen-bond donors (Lipinski definition) is 2. The van der Waals surface area contributed by atoms with Crippen LogP contribution in [0.15, 0.2) is 71.5 Å². The maximum atomic E-state index is 12.7. The lowest BCUT2D eigenvalue weighted by atomic mass is 9.70. The molecule has 0 bridgehead atoms. The van der Waals surface area contributed by atoms with Gasteiger partial charge in [0.1, 0.15) is 11.5 Å². The second-order valence-electron chi connectivity index (χ2n) is 9.18. The molecule has 0 radical (unpaired) electrons. The van der Waals surface area contributed by atoms with Gasteiger partial charge in [0.25, 0.3) is 0 Å². The van der Waals surface area contributed by atoms with Crippen molar-refractivity contribution >= 4 is 15.9 Å². The molecule has 5 rings (SSSR count). The molecule has 1 aliphatic carbocycles. The molecule has 2 aliphatic rings. The van der Waals surface area contributed by atoms with Crippen molar-refractivity contribution in [2.75, 3.05) is 27.2 Å². The third kappa shape index (κ3) is 3.14. The lowest BCUT2D eigenvalue weighted by Crippen LogP contribution is -2.52. The van der Waals surface area contributed by atoms with E-state index in [1.165, 1.54) is 0 Å². The van der Waals surface area contributed by atoms with E-state index in [2.05, 4.69) is 32.7 Å². The van der Waals surface area contributed by atoms with Gasteiger partial charge < -0.3 is 24.6 Å². The van der Waals surface area contributed by atoms with Crippen LogP contribution in [0, 0.1) is 5.92 Å². The third-order valence-electron chi connectivity index (χ3n) is 7.51. The summed E-state index contributed by atoms with van der Waals surface area (Å²) in [5.74, 6) is 0.161. The van der Waals surface area contributed by atoms with Crippen molar-refractivity contribution in [3.05, 3.63) is 88.2 Å². The molecule has 0 amide bonds. The van der Waals surface area contributed by atoms with Gasteiger partial charge in [-0.05, 0) is 36.9 Å². The number of nitrogens with zero attached hydrogens (tertiary/aromatic N) is 2. The molecule has 0 spiro atoms. The van der Waals surface area contributed by atoms with Crippen LogP contribution >= 0.6 is 15.9 Å². The number of benzene rings is 2. The van der Waals surface area contributed by atoms with Crippen molar-refractivity contribution in [1.82, 2.24) is 9.88 Å². The van der Waals surface area contributed by atoms with Gasteiger partial charge in [0, 0.05) is 22.9 Å². The zero-order valence-electron chi connectivity index (χ0n) is 19.5. The minimum absolute atomic E-state index is 0.313. The minimum Gasteiger partial charge on any atom is -0.495 e. The SMILES string of the molecule is CCN(C)C[C@@H]1C(c2ccccc2)[C@]2(c3ccc(Br)cc3)Oc3cncc(OC)c3[C@]2(O)[C@@H]1O. The first-order valence-corrected chi connectivity index (χ1v) is 12.3. The summed E-state index contributed by atoms with van der Waals surface area (Å²) in [5.41, 5.74) is -0.819. The number of methoxy groups -OCH3 is 1. The van der Waals surface area contributed by atoms with Gasteiger partial charge in [-0.25, -0.2) is 0 Å². The molecule has 7 heteroatoms. The first-order valence-electron chi connectivity index (χ1n) is 11.5. The molecule has 1 aromatic heterocycles. The summed E-state index contributed by atoms with van der Waals surface area (Å²) in [5, 5.41) is 24.7. The molecular formula is C27H29BrN2O4. The number of fused-ring (bicyclic) bond motifs is 3. The number of pyridine rings is 1. The molecule has 2 heterocycles. The summed E-state index contributed by atoms with van der Waals surface area (Å²) in [4.78, 5) is 6.43. The van der Waals surface area contributed by atoms with Gasteiger partial charge in [-0.2, -0.15) is 0 Å². The summed E-state index contributed by atoms with van der Waals surface area (Å²) in [6.07, 6.45) is 2.04. The van der Waals surface area contributed by atoms with Crippen LogP contribution < -0.4 is 9.47 Å². The van der Waals surface area contributed by atoms with E-state index in [0.717, 1.165) is 22.1 Å². The Hall–Kier alpha value is -2.45. The summed E-state index contributed by atoms with van der Waals surface area (Å²) >= 11 is 3.53. The fraction of sp³-hybridized carbons (Fsp3) is 0.370. The van der Waals surface area contributed by atoms with Crippen LogP contribution in [0.4, 0.5) is 0 Å². The summed E-state index contributed by atoms with van der Waals surface area (Å²) < 4.78 is 13.3. The molecule has 5 atom stereocenters. The van der Waals surface area contributed by atoms with E-state index >= 15 is 0 Å². The lowest BCUT2D eigenvalue weighted by molar-refractivity contribution is -0.152. The van der Waals surface area contributed by atoms with E-state index in [9.17, 15) is 10.2 Å². The largest absolute Gasteiger partial charge is 0.495 e. The monoisotopic (exact) mass is 524 g/mol. The number of aliphatic hydroxyl groups excluding tert-OH is 1. The summed E-state index contributed by atoms with van der Waals surface area (Å²) in [6, 6.07) is 17.8. The van der Waals surface area contributed by atoms with Crippen molar-refractivity contribution < 1.29 is 19.7 Å². The Bertz CT molecular complexity index is 1180. The van der Waals surface area contributed by atoms with Gasteiger partial charge in [-0.1, -0.05) is 65.3 Å². The summed E-state index contributed by atoms with van der Waals surface area (Å²) in [7, 11) is 3.57. The fourth-order valence-electron chi connectivity index (χ4n) is 5.92. The highest BCUT2D eigenvalue weighted by atomic mass is 79.9. The van der Waals surface area contributed by atoms with Crippen molar-refractivity contribution in [2.45, 2.75) is 30.1 Å². The maximum absolute atomic E-state index is 12.7. The highest BCUT2D eigenvalue weighted by Crippen LogP contribution is 2.69. The zero-order chi connectivity index (χ0) is 24.1. The molecule has 1 saturated carbocycles. The highest BCUT2D eigenvalue weighted by Gasteiger charge is 2.76. The van der Waals surface area contributed by atoms with Gasteiger partial charge in [0.05, 0.1) is 31.2 Å². The zero-order valence-corrected chi connectivity index (χ0v) is 21.1. The van der Waals surface area contributed by atoms with Crippen molar-refractivity contribution in [1.29, 1.82) is 0 Å². The molecule has 0 saturated heterocycles. The van der Waals surface area contributed by atoms with Crippen molar-refractivity contribution in [3.63, 3.8) is 0 Å². The van der Waals surface area contributed by atoms with E-state index in [1.807, 2.05) is 61.6 Å². The van der Waals surface area contributed by atoms with Crippen molar-refractivity contribution in [3.8, 4) is 11.5 Å². The van der Waals surface area contributed by atoms with Crippen molar-refractivity contribution in [2.24, 2.45) is 5.92 Å². The van der Waals surface area contributed by atoms with E-state index < -0.39 is 17.3 Å². The molecule has 178 valence electrons. The average molecular weight is 525 g/mol. The average Bonchev–Trinajstić information content (AvgIpc) is 3.23. The number of halogens is 1. The third-order valence-corrected chi connectivity index (χ3v) is 8.04. The molecule has 6 nitrogen and oxygen atoms in total. The lowest BCUT2D eigenvalue weighted by Gasteiger charge is -2.41. The number of ether oxygens (including phenoxy) is 2. The van der Waals surface area contributed by atoms with Gasteiger partial charge in [-0.15, -0.1) is 0 Å². The Kier molecular flexibility index (Phi) is 5.92. The topological polar surface area (TPSA) is 75.1 Å². The smallest absolute Gasteiger partial charge is 0.177 e. The predicted octanol–water partition coefficient (Wildman–Crippen LogP) is 4.05. The van der Waals surface area contributed by atoms with E-state index in [-0.39, 0.29) is 11.8 Å².